The molecule has 0 saturated carbocycles. The molecule has 2 aromatic rings. The Labute approximate surface area is 124 Å². The molecule has 0 aliphatic carbocycles. The number of ether oxygens (including phenoxy) is 2. The number of carbonyl (C=O) groups is 1. The molecule has 0 atom stereocenters. The van der Waals surface area contributed by atoms with Crippen molar-refractivity contribution in [1.82, 2.24) is 0 Å². The Morgan fingerprint density at radius 3 is 2.24 bits per heavy atom. The highest BCUT2D eigenvalue weighted by atomic mass is 16.5. The molecule has 0 spiro atoms. The molecule has 110 valence electrons. The summed E-state index contributed by atoms with van der Waals surface area (Å²) in [6.45, 7) is 2.00. The average Bonchev–Trinajstić information content (AvgIpc) is 2.49. The number of hydrogen-bond donors (Lipinski definition) is 1. The molecule has 0 unspecified atom stereocenters. The van der Waals surface area contributed by atoms with E-state index in [1.165, 1.54) is 0 Å². The SMILES string of the molecule is COc1cc(NC(=O)Cc2ccccc2C)cc(OC)c1. The summed E-state index contributed by atoms with van der Waals surface area (Å²) >= 11 is 0. The summed E-state index contributed by atoms with van der Waals surface area (Å²) in [5, 5.41) is 2.87. The lowest BCUT2D eigenvalue weighted by atomic mass is 10.1. The first-order chi connectivity index (χ1) is 10.1. The number of benzene rings is 2. The van der Waals surface area contributed by atoms with Crippen LogP contribution in [0.2, 0.25) is 0 Å². The van der Waals surface area contributed by atoms with Crippen molar-refractivity contribution in [2.75, 3.05) is 19.5 Å². The van der Waals surface area contributed by atoms with E-state index in [2.05, 4.69) is 5.32 Å². The molecule has 1 N–H and O–H groups in total. The maximum Gasteiger partial charge on any atom is 0.228 e. The number of nitrogens with one attached hydrogen (secondary N) is 1. The Kier molecular flexibility index (Phi) is 4.82. The maximum absolute atomic E-state index is 12.1. The number of anilines is 1. The van der Waals surface area contributed by atoms with Gasteiger partial charge in [0.15, 0.2) is 0 Å². The third kappa shape index (κ3) is 3.99. The Hall–Kier alpha value is -2.49. The lowest BCUT2D eigenvalue weighted by Crippen LogP contribution is -2.15. The summed E-state index contributed by atoms with van der Waals surface area (Å²) in [5.74, 6) is 1.21. The van der Waals surface area contributed by atoms with Crippen LogP contribution >= 0.6 is 0 Å². The third-order valence-corrected chi connectivity index (χ3v) is 3.25. The molecule has 21 heavy (non-hydrogen) atoms. The molecule has 4 nitrogen and oxygen atoms in total. The molecule has 0 bridgehead atoms. The van der Waals surface area contributed by atoms with Gasteiger partial charge in [0.05, 0.1) is 20.6 Å². The second kappa shape index (κ2) is 6.79. The van der Waals surface area contributed by atoms with E-state index in [1.54, 1.807) is 32.4 Å². The minimum absolute atomic E-state index is 0.0698. The lowest BCUT2D eigenvalue weighted by Gasteiger charge is -2.10. The van der Waals surface area contributed by atoms with Gasteiger partial charge >= 0.3 is 0 Å². The van der Waals surface area contributed by atoms with Crippen molar-refractivity contribution < 1.29 is 14.3 Å². The monoisotopic (exact) mass is 285 g/mol. The molecule has 4 heteroatoms. The Bertz CT molecular complexity index is 615. The molecule has 0 aliphatic rings. The topological polar surface area (TPSA) is 47.6 Å². The summed E-state index contributed by atoms with van der Waals surface area (Å²) in [4.78, 5) is 12.1. The van der Waals surface area contributed by atoms with Gasteiger partial charge in [-0.3, -0.25) is 4.79 Å². The second-order valence-electron chi connectivity index (χ2n) is 4.75. The minimum atomic E-state index is -0.0698. The molecule has 0 heterocycles. The summed E-state index contributed by atoms with van der Waals surface area (Å²) in [5.41, 5.74) is 2.78. The van der Waals surface area contributed by atoms with Gasteiger partial charge in [0.2, 0.25) is 5.91 Å². The number of methoxy groups -OCH3 is 2. The lowest BCUT2D eigenvalue weighted by molar-refractivity contribution is -0.115. The fraction of sp³-hybridized carbons (Fsp3) is 0.235. The molecule has 0 saturated heterocycles. The number of aryl methyl sites for hydroxylation is 1. The zero-order valence-electron chi connectivity index (χ0n) is 12.5. The summed E-state index contributed by atoms with van der Waals surface area (Å²) < 4.78 is 10.4. The normalized spacial score (nSPS) is 10.0. The van der Waals surface area contributed by atoms with Gasteiger partial charge in [-0.2, -0.15) is 0 Å². The smallest absolute Gasteiger partial charge is 0.228 e. The van der Waals surface area contributed by atoms with Crippen LogP contribution in [0.4, 0.5) is 5.69 Å². The molecular weight excluding hydrogens is 266 g/mol. The van der Waals surface area contributed by atoms with Crippen LogP contribution in [0.15, 0.2) is 42.5 Å². The summed E-state index contributed by atoms with van der Waals surface area (Å²) in [6.07, 6.45) is 0.339. The van der Waals surface area contributed by atoms with Crippen molar-refractivity contribution in [3.05, 3.63) is 53.6 Å². The Morgan fingerprint density at radius 1 is 1.05 bits per heavy atom. The van der Waals surface area contributed by atoms with Crippen molar-refractivity contribution in [2.24, 2.45) is 0 Å². The first kappa shape index (κ1) is 14.9. The van der Waals surface area contributed by atoms with Crippen LogP contribution in [0.3, 0.4) is 0 Å². The van der Waals surface area contributed by atoms with Gasteiger partial charge in [0.25, 0.3) is 0 Å². The summed E-state index contributed by atoms with van der Waals surface area (Å²) in [6, 6.07) is 13.1. The van der Waals surface area contributed by atoms with Gasteiger partial charge in [-0.05, 0) is 18.1 Å². The quantitative estimate of drug-likeness (QED) is 0.917. The highest BCUT2D eigenvalue weighted by Crippen LogP contribution is 2.25. The predicted octanol–water partition coefficient (Wildman–Crippen LogP) is 3.19. The fourth-order valence-electron chi connectivity index (χ4n) is 2.07. The summed E-state index contributed by atoms with van der Waals surface area (Å²) in [7, 11) is 3.15. The molecule has 0 radical (unpaired) electrons. The van der Waals surface area contributed by atoms with E-state index in [9.17, 15) is 4.79 Å². The van der Waals surface area contributed by atoms with Crippen LogP contribution in [0.5, 0.6) is 11.5 Å². The molecule has 0 aliphatic heterocycles. The van der Waals surface area contributed by atoms with Crippen LogP contribution in [-0.4, -0.2) is 20.1 Å². The highest BCUT2D eigenvalue weighted by molar-refractivity contribution is 5.92. The van der Waals surface area contributed by atoms with E-state index in [-0.39, 0.29) is 5.91 Å². The second-order valence-corrected chi connectivity index (χ2v) is 4.75. The van der Waals surface area contributed by atoms with Crippen LogP contribution in [0, 0.1) is 6.92 Å². The van der Waals surface area contributed by atoms with E-state index in [0.717, 1.165) is 11.1 Å². The van der Waals surface area contributed by atoms with Crippen molar-refractivity contribution in [3.8, 4) is 11.5 Å². The van der Waals surface area contributed by atoms with Crippen molar-refractivity contribution >= 4 is 11.6 Å². The highest BCUT2D eigenvalue weighted by Gasteiger charge is 2.08. The van der Waals surface area contributed by atoms with Gasteiger partial charge in [0.1, 0.15) is 11.5 Å². The van der Waals surface area contributed by atoms with Gasteiger partial charge in [-0.25, -0.2) is 0 Å². The molecule has 2 rings (SSSR count). The first-order valence-corrected chi connectivity index (χ1v) is 6.70. The van der Waals surface area contributed by atoms with E-state index in [1.807, 2.05) is 31.2 Å². The molecule has 0 aromatic heterocycles. The van der Waals surface area contributed by atoms with E-state index < -0.39 is 0 Å². The van der Waals surface area contributed by atoms with Gasteiger partial charge in [0, 0.05) is 23.9 Å². The van der Waals surface area contributed by atoms with E-state index in [4.69, 9.17) is 9.47 Å². The standard InChI is InChI=1S/C17H19NO3/c1-12-6-4-5-7-13(12)8-17(19)18-14-9-15(20-2)11-16(10-14)21-3/h4-7,9-11H,8H2,1-3H3,(H,18,19). The minimum Gasteiger partial charge on any atom is -0.497 e. The average molecular weight is 285 g/mol. The van der Waals surface area contributed by atoms with Crippen molar-refractivity contribution in [1.29, 1.82) is 0 Å². The number of carbonyl (C=O) groups excluding carboxylic acids is 1. The van der Waals surface area contributed by atoms with Gasteiger partial charge in [-0.15, -0.1) is 0 Å². The number of amides is 1. The van der Waals surface area contributed by atoms with E-state index in [0.29, 0.717) is 23.6 Å². The third-order valence-electron chi connectivity index (χ3n) is 3.25. The molecular formula is C17H19NO3. The van der Waals surface area contributed by atoms with Gasteiger partial charge in [-0.1, -0.05) is 24.3 Å². The predicted molar refractivity (Wildman–Crippen MR) is 83.1 cm³/mol. The van der Waals surface area contributed by atoms with Crippen LogP contribution in [0.25, 0.3) is 0 Å². The molecule has 2 aromatic carbocycles. The molecule has 1 amide bonds. The van der Waals surface area contributed by atoms with Crippen LogP contribution in [-0.2, 0) is 11.2 Å². The number of hydrogen-bond acceptors (Lipinski definition) is 3. The van der Waals surface area contributed by atoms with Crippen LogP contribution < -0.4 is 14.8 Å². The van der Waals surface area contributed by atoms with Crippen molar-refractivity contribution in [3.63, 3.8) is 0 Å². The fourth-order valence-corrected chi connectivity index (χ4v) is 2.07. The first-order valence-electron chi connectivity index (χ1n) is 6.70. The zero-order valence-corrected chi connectivity index (χ0v) is 12.5. The van der Waals surface area contributed by atoms with Gasteiger partial charge < -0.3 is 14.8 Å². The number of rotatable bonds is 5. The van der Waals surface area contributed by atoms with E-state index >= 15 is 0 Å². The molecule has 0 fully saturated rings. The van der Waals surface area contributed by atoms with Crippen LogP contribution in [0.1, 0.15) is 11.1 Å². The Balaban J connectivity index is 2.11. The maximum atomic E-state index is 12.1. The zero-order chi connectivity index (χ0) is 15.2. The van der Waals surface area contributed by atoms with Crippen molar-refractivity contribution in [2.45, 2.75) is 13.3 Å². The Morgan fingerprint density at radius 2 is 1.67 bits per heavy atom. The largest absolute Gasteiger partial charge is 0.497 e.